The van der Waals surface area contributed by atoms with Crippen LogP contribution in [0.4, 0.5) is 0 Å². The largest absolute Gasteiger partial charge is 0.450 e. The fourth-order valence-corrected chi connectivity index (χ4v) is 2.64. The van der Waals surface area contributed by atoms with Gasteiger partial charge in [0.05, 0.1) is 5.56 Å². The van der Waals surface area contributed by atoms with Crippen LogP contribution in [0.5, 0.6) is 0 Å². The summed E-state index contributed by atoms with van der Waals surface area (Å²) in [5.41, 5.74) is 0.0244. The third kappa shape index (κ3) is 3.53. The van der Waals surface area contributed by atoms with Crippen LogP contribution in [-0.2, 0) is 14.3 Å². The highest BCUT2D eigenvalue weighted by atomic mass is 79.9. The van der Waals surface area contributed by atoms with Crippen molar-refractivity contribution in [2.75, 3.05) is 0 Å². The van der Waals surface area contributed by atoms with Crippen molar-refractivity contribution in [1.82, 2.24) is 0 Å². The van der Waals surface area contributed by atoms with Crippen molar-refractivity contribution < 1.29 is 19.1 Å². The van der Waals surface area contributed by atoms with Crippen molar-refractivity contribution in [1.29, 1.82) is 0 Å². The normalized spacial score (nSPS) is 21.1. The molecule has 1 aliphatic carbocycles. The van der Waals surface area contributed by atoms with E-state index in [4.69, 9.17) is 4.74 Å². The summed E-state index contributed by atoms with van der Waals surface area (Å²) >= 11 is 3.29. The van der Waals surface area contributed by atoms with Gasteiger partial charge in [0.2, 0.25) is 0 Å². The third-order valence-corrected chi connectivity index (χ3v) is 4.22. The quantitative estimate of drug-likeness (QED) is 0.753. The lowest BCUT2D eigenvalue weighted by Crippen LogP contribution is -2.39. The Kier molecular flexibility index (Phi) is 4.66. The predicted molar refractivity (Wildman–Crippen MR) is 85.5 cm³/mol. The number of hydrogen-bond acceptors (Lipinski definition) is 4. The molecule has 1 atom stereocenters. The summed E-state index contributed by atoms with van der Waals surface area (Å²) in [6.45, 7) is 5.12. The Labute approximate surface area is 137 Å². The molecule has 1 unspecified atom stereocenters. The number of hydrogen-bond donors (Lipinski definition) is 0. The molecule has 0 bridgehead atoms. The van der Waals surface area contributed by atoms with Gasteiger partial charge in [-0.2, -0.15) is 0 Å². The van der Waals surface area contributed by atoms with Gasteiger partial charge in [0.25, 0.3) is 0 Å². The Morgan fingerprint density at radius 2 is 1.82 bits per heavy atom. The standard InChI is InChI=1S/C17H17BrO4/c1-10-8-13(19)15(17(2,3)9-14(10)20)22-16(21)11-4-6-12(18)7-5-11/h4-8,15H,9H2,1-3H3. The van der Waals surface area contributed by atoms with Crippen LogP contribution in [0, 0.1) is 5.41 Å². The van der Waals surface area contributed by atoms with Gasteiger partial charge in [-0.3, -0.25) is 9.59 Å². The van der Waals surface area contributed by atoms with Gasteiger partial charge in [-0.15, -0.1) is 0 Å². The van der Waals surface area contributed by atoms with Crippen molar-refractivity contribution >= 4 is 33.5 Å². The van der Waals surface area contributed by atoms with E-state index in [1.54, 1.807) is 45.0 Å². The molecule has 0 fully saturated rings. The summed E-state index contributed by atoms with van der Waals surface area (Å²) in [5, 5.41) is 0. The first-order valence-corrected chi connectivity index (χ1v) is 7.72. The van der Waals surface area contributed by atoms with Gasteiger partial charge in [0.1, 0.15) is 0 Å². The van der Waals surface area contributed by atoms with Crippen LogP contribution in [0.2, 0.25) is 0 Å². The molecular weight excluding hydrogens is 348 g/mol. The predicted octanol–water partition coefficient (Wildman–Crippen LogP) is 3.49. The summed E-state index contributed by atoms with van der Waals surface area (Å²) in [4.78, 5) is 36.5. The van der Waals surface area contributed by atoms with E-state index in [-0.39, 0.29) is 18.0 Å². The first-order valence-electron chi connectivity index (χ1n) is 6.92. The van der Waals surface area contributed by atoms with E-state index in [2.05, 4.69) is 15.9 Å². The minimum Gasteiger partial charge on any atom is -0.450 e. The van der Waals surface area contributed by atoms with Gasteiger partial charge < -0.3 is 4.74 Å². The van der Waals surface area contributed by atoms with Crippen LogP contribution in [-0.4, -0.2) is 23.6 Å². The monoisotopic (exact) mass is 364 g/mol. The van der Waals surface area contributed by atoms with Crippen LogP contribution in [0.1, 0.15) is 37.6 Å². The molecule has 0 spiro atoms. The number of carbonyl (C=O) groups is 3. The molecule has 0 amide bonds. The Morgan fingerprint density at radius 1 is 1.23 bits per heavy atom. The lowest BCUT2D eigenvalue weighted by atomic mass is 9.81. The molecule has 116 valence electrons. The second-order valence-electron chi connectivity index (χ2n) is 6.11. The van der Waals surface area contributed by atoms with Crippen molar-refractivity contribution in [2.24, 2.45) is 5.41 Å². The Hall–Kier alpha value is -1.75. The van der Waals surface area contributed by atoms with Crippen molar-refractivity contribution in [3.05, 3.63) is 46.0 Å². The maximum Gasteiger partial charge on any atom is 0.338 e. The molecule has 5 heteroatoms. The zero-order valence-corrected chi connectivity index (χ0v) is 14.3. The number of ether oxygens (including phenoxy) is 1. The van der Waals surface area contributed by atoms with Crippen LogP contribution in [0.15, 0.2) is 40.4 Å². The number of rotatable bonds is 2. The van der Waals surface area contributed by atoms with E-state index in [9.17, 15) is 14.4 Å². The number of benzene rings is 1. The van der Waals surface area contributed by atoms with Crippen LogP contribution in [0.3, 0.4) is 0 Å². The molecule has 0 saturated carbocycles. The Morgan fingerprint density at radius 3 is 2.41 bits per heavy atom. The summed E-state index contributed by atoms with van der Waals surface area (Å²) in [6.07, 6.45) is 0.473. The number of allylic oxidation sites excluding steroid dienone is 1. The SMILES string of the molecule is CC1=CC(=O)C(OC(=O)c2ccc(Br)cc2)C(C)(C)CC1=O. The Balaban J connectivity index is 2.26. The molecule has 0 aromatic heterocycles. The molecule has 1 aromatic rings. The van der Waals surface area contributed by atoms with Crippen LogP contribution in [0.25, 0.3) is 0 Å². The molecular formula is C17H17BrO4. The molecule has 0 N–H and O–H groups in total. The van der Waals surface area contributed by atoms with Gasteiger partial charge in [-0.05, 0) is 42.8 Å². The fraction of sp³-hybridized carbons (Fsp3) is 0.353. The zero-order chi connectivity index (χ0) is 16.5. The van der Waals surface area contributed by atoms with E-state index in [1.807, 2.05) is 0 Å². The molecule has 0 aliphatic heterocycles. The van der Waals surface area contributed by atoms with Crippen molar-refractivity contribution in [3.63, 3.8) is 0 Å². The summed E-state index contributed by atoms with van der Waals surface area (Å²) in [5.74, 6) is -1.02. The average Bonchev–Trinajstić information content (AvgIpc) is 2.49. The molecule has 0 heterocycles. The third-order valence-electron chi connectivity index (χ3n) is 3.69. The van der Waals surface area contributed by atoms with E-state index in [1.165, 1.54) is 6.08 Å². The molecule has 4 nitrogen and oxygen atoms in total. The minimum absolute atomic E-state index is 0.0967. The van der Waals surface area contributed by atoms with E-state index in [0.717, 1.165) is 4.47 Å². The summed E-state index contributed by atoms with van der Waals surface area (Å²) in [6, 6.07) is 6.69. The smallest absolute Gasteiger partial charge is 0.338 e. The lowest BCUT2D eigenvalue weighted by molar-refractivity contribution is -0.130. The van der Waals surface area contributed by atoms with Gasteiger partial charge in [-0.1, -0.05) is 29.8 Å². The van der Waals surface area contributed by atoms with Gasteiger partial charge in [0, 0.05) is 16.3 Å². The van der Waals surface area contributed by atoms with Crippen molar-refractivity contribution in [2.45, 2.75) is 33.3 Å². The summed E-state index contributed by atoms with van der Waals surface area (Å²) in [7, 11) is 0. The van der Waals surface area contributed by atoms with Gasteiger partial charge >= 0.3 is 5.97 Å². The van der Waals surface area contributed by atoms with Crippen molar-refractivity contribution in [3.8, 4) is 0 Å². The summed E-state index contributed by atoms with van der Waals surface area (Å²) < 4.78 is 6.27. The zero-order valence-electron chi connectivity index (χ0n) is 12.7. The molecule has 2 rings (SSSR count). The van der Waals surface area contributed by atoms with Crippen LogP contribution >= 0.6 is 15.9 Å². The van der Waals surface area contributed by atoms with E-state index < -0.39 is 17.5 Å². The second-order valence-corrected chi connectivity index (χ2v) is 7.03. The molecule has 0 radical (unpaired) electrons. The van der Waals surface area contributed by atoms with E-state index >= 15 is 0 Å². The lowest BCUT2D eigenvalue weighted by Gasteiger charge is -2.30. The number of esters is 1. The van der Waals surface area contributed by atoms with Gasteiger partial charge in [-0.25, -0.2) is 4.79 Å². The maximum atomic E-state index is 12.3. The second kappa shape index (κ2) is 6.16. The highest BCUT2D eigenvalue weighted by Crippen LogP contribution is 2.33. The maximum absolute atomic E-state index is 12.3. The van der Waals surface area contributed by atoms with E-state index in [0.29, 0.717) is 11.1 Å². The average molecular weight is 365 g/mol. The minimum atomic E-state index is -0.968. The number of carbonyl (C=O) groups excluding carboxylic acids is 3. The number of ketones is 2. The number of Topliss-reactive ketones (excluding diaryl/α,β-unsaturated/α-hetero) is 1. The molecule has 0 saturated heterocycles. The highest BCUT2D eigenvalue weighted by Gasteiger charge is 2.41. The fourth-order valence-electron chi connectivity index (χ4n) is 2.38. The molecule has 1 aromatic carbocycles. The molecule has 1 aliphatic rings. The first-order chi connectivity index (χ1) is 10.2. The first kappa shape index (κ1) is 16.6. The van der Waals surface area contributed by atoms with Crippen LogP contribution < -0.4 is 0 Å². The Bertz CT molecular complexity index is 656. The highest BCUT2D eigenvalue weighted by molar-refractivity contribution is 9.10. The number of halogens is 1. The van der Waals surface area contributed by atoms with Gasteiger partial charge in [0.15, 0.2) is 17.7 Å². The topological polar surface area (TPSA) is 60.4 Å². The molecule has 22 heavy (non-hydrogen) atoms.